The van der Waals surface area contributed by atoms with Gasteiger partial charge in [0.1, 0.15) is 11.6 Å². The Morgan fingerprint density at radius 2 is 1.97 bits per heavy atom. The van der Waals surface area contributed by atoms with Gasteiger partial charge in [-0.2, -0.15) is 13.2 Å². The zero-order chi connectivity index (χ0) is 24.9. The number of aromatic nitrogens is 2. The molecule has 0 unspecified atom stereocenters. The van der Waals surface area contributed by atoms with Gasteiger partial charge in [0, 0.05) is 10.9 Å². The Kier molecular flexibility index (Phi) is 8.35. The standard InChI is InChI=1S/C23H21Cl2F3N4O2/c1-13-6-7-15(19(25)8-13)9-17(11-24)31-22(32-33)21-20(12-29-14(2)30-21)34-18-5-3-4-16(10-18)23(26,27)28/h3-8,10,12,17,33H,9,11H2,1-2H3,(H,31,32)/t17-/m1/s1. The molecule has 0 fully saturated rings. The first-order chi connectivity index (χ1) is 16.1. The number of ether oxygens (including phenoxy) is 1. The minimum absolute atomic E-state index is 0.00749. The average molecular weight is 513 g/mol. The normalized spacial score (nSPS) is 13.0. The van der Waals surface area contributed by atoms with Gasteiger partial charge in [0.05, 0.1) is 17.8 Å². The number of amidine groups is 1. The van der Waals surface area contributed by atoms with Crippen LogP contribution in [0.15, 0.2) is 53.7 Å². The van der Waals surface area contributed by atoms with Crippen LogP contribution in [0.3, 0.4) is 0 Å². The zero-order valence-corrected chi connectivity index (χ0v) is 19.7. The Morgan fingerprint density at radius 1 is 1.21 bits per heavy atom. The van der Waals surface area contributed by atoms with E-state index in [1.54, 1.807) is 6.92 Å². The van der Waals surface area contributed by atoms with Crippen LogP contribution in [0.5, 0.6) is 11.5 Å². The highest BCUT2D eigenvalue weighted by Gasteiger charge is 2.30. The molecule has 0 spiro atoms. The monoisotopic (exact) mass is 512 g/mol. The number of hydrogen-bond donors (Lipinski definition) is 2. The molecule has 1 atom stereocenters. The number of rotatable bonds is 7. The molecule has 34 heavy (non-hydrogen) atoms. The van der Waals surface area contributed by atoms with E-state index < -0.39 is 17.8 Å². The fourth-order valence-electron chi connectivity index (χ4n) is 3.10. The van der Waals surface area contributed by atoms with Crippen molar-refractivity contribution >= 4 is 29.0 Å². The summed E-state index contributed by atoms with van der Waals surface area (Å²) >= 11 is 12.4. The Hall–Kier alpha value is -2.88. The second-order valence-electron chi connectivity index (χ2n) is 7.45. The Labute approximate surface area is 204 Å². The van der Waals surface area contributed by atoms with Crippen molar-refractivity contribution in [3.8, 4) is 11.5 Å². The average Bonchev–Trinajstić information content (AvgIpc) is 2.79. The quantitative estimate of drug-likeness (QED) is 0.172. The van der Waals surface area contributed by atoms with Crippen LogP contribution in [-0.4, -0.2) is 32.9 Å². The van der Waals surface area contributed by atoms with Crippen LogP contribution in [0.4, 0.5) is 13.2 Å². The van der Waals surface area contributed by atoms with E-state index in [0.29, 0.717) is 17.3 Å². The van der Waals surface area contributed by atoms with Gasteiger partial charge in [-0.15, -0.1) is 11.6 Å². The van der Waals surface area contributed by atoms with Crippen molar-refractivity contribution in [2.24, 2.45) is 4.99 Å². The maximum atomic E-state index is 13.1. The number of benzene rings is 2. The number of nitrogens with zero attached hydrogens (tertiary/aromatic N) is 3. The molecule has 0 bridgehead atoms. The van der Waals surface area contributed by atoms with E-state index in [0.717, 1.165) is 23.3 Å². The molecule has 2 N–H and O–H groups in total. The highest BCUT2D eigenvalue weighted by Crippen LogP contribution is 2.33. The van der Waals surface area contributed by atoms with E-state index >= 15 is 0 Å². The summed E-state index contributed by atoms with van der Waals surface area (Å²) in [7, 11) is 0. The van der Waals surface area contributed by atoms with Crippen molar-refractivity contribution in [1.82, 2.24) is 15.4 Å². The number of nitrogens with one attached hydrogen (secondary N) is 1. The van der Waals surface area contributed by atoms with E-state index in [1.807, 2.05) is 30.6 Å². The Morgan fingerprint density at radius 3 is 2.62 bits per heavy atom. The summed E-state index contributed by atoms with van der Waals surface area (Å²) in [5, 5.41) is 10.4. The number of aryl methyl sites for hydroxylation is 2. The summed E-state index contributed by atoms with van der Waals surface area (Å²) in [6.07, 6.45) is -2.87. The van der Waals surface area contributed by atoms with Crippen LogP contribution in [0, 0.1) is 13.8 Å². The van der Waals surface area contributed by atoms with Crippen LogP contribution >= 0.6 is 23.2 Å². The molecular formula is C23H21Cl2F3N4O2. The second kappa shape index (κ2) is 11.0. The topological polar surface area (TPSA) is 79.6 Å². The van der Waals surface area contributed by atoms with Gasteiger partial charge in [-0.25, -0.2) is 9.97 Å². The summed E-state index contributed by atoms with van der Waals surface area (Å²) < 4.78 is 44.8. The molecule has 0 aliphatic carbocycles. The molecule has 1 heterocycles. The first kappa shape index (κ1) is 25.7. The summed E-state index contributed by atoms with van der Waals surface area (Å²) in [5.41, 5.74) is 3.00. The summed E-state index contributed by atoms with van der Waals surface area (Å²) in [4.78, 5) is 12.8. The number of aliphatic imine (C=N–C) groups is 1. The lowest BCUT2D eigenvalue weighted by atomic mass is 10.1. The molecule has 3 aromatic rings. The van der Waals surface area contributed by atoms with Crippen molar-refractivity contribution in [3.05, 3.63) is 81.9 Å². The van der Waals surface area contributed by atoms with Crippen molar-refractivity contribution in [3.63, 3.8) is 0 Å². The van der Waals surface area contributed by atoms with Crippen LogP contribution in [0.1, 0.15) is 28.2 Å². The summed E-state index contributed by atoms with van der Waals surface area (Å²) in [5.74, 6) is 0.260. The first-order valence-corrected chi connectivity index (χ1v) is 11.0. The van der Waals surface area contributed by atoms with Crippen molar-refractivity contribution in [2.45, 2.75) is 32.5 Å². The third kappa shape index (κ3) is 6.59. The molecule has 0 radical (unpaired) electrons. The SMILES string of the molecule is Cc1ccc(C[C@H](CCl)N=C(NO)c2nc(C)ncc2Oc2cccc(C(F)(F)F)c2)c(Cl)c1. The molecule has 180 valence electrons. The van der Waals surface area contributed by atoms with Crippen LogP contribution < -0.4 is 10.2 Å². The molecule has 6 nitrogen and oxygen atoms in total. The molecule has 1 aromatic heterocycles. The fraction of sp³-hybridized carbons (Fsp3) is 0.261. The zero-order valence-electron chi connectivity index (χ0n) is 18.2. The molecule has 3 rings (SSSR count). The molecule has 0 aliphatic rings. The number of hydroxylamine groups is 1. The summed E-state index contributed by atoms with van der Waals surface area (Å²) in [6.45, 7) is 3.53. The number of hydrogen-bond acceptors (Lipinski definition) is 5. The molecule has 2 aromatic carbocycles. The van der Waals surface area contributed by atoms with Gasteiger partial charge in [0.2, 0.25) is 0 Å². The van der Waals surface area contributed by atoms with Gasteiger partial charge in [0.25, 0.3) is 0 Å². The third-order valence-electron chi connectivity index (χ3n) is 4.75. The van der Waals surface area contributed by atoms with Crippen LogP contribution in [-0.2, 0) is 12.6 Å². The molecule has 0 aliphatic heterocycles. The van der Waals surface area contributed by atoms with Gasteiger partial charge in [-0.1, -0.05) is 29.8 Å². The predicted molar refractivity (Wildman–Crippen MR) is 124 cm³/mol. The van der Waals surface area contributed by atoms with E-state index in [1.165, 1.54) is 18.3 Å². The highest BCUT2D eigenvalue weighted by atomic mass is 35.5. The van der Waals surface area contributed by atoms with Gasteiger partial charge < -0.3 is 4.74 Å². The smallest absolute Gasteiger partial charge is 0.416 e. The van der Waals surface area contributed by atoms with E-state index in [9.17, 15) is 18.4 Å². The maximum Gasteiger partial charge on any atom is 0.416 e. The minimum Gasteiger partial charge on any atom is -0.453 e. The van der Waals surface area contributed by atoms with Crippen molar-refractivity contribution in [1.29, 1.82) is 0 Å². The fourth-order valence-corrected chi connectivity index (χ4v) is 3.59. The van der Waals surface area contributed by atoms with E-state index in [-0.39, 0.29) is 28.9 Å². The third-order valence-corrected chi connectivity index (χ3v) is 5.46. The van der Waals surface area contributed by atoms with Gasteiger partial charge in [-0.05, 0) is 55.7 Å². The van der Waals surface area contributed by atoms with E-state index in [4.69, 9.17) is 27.9 Å². The number of alkyl halides is 4. The molecule has 11 heteroatoms. The molecule has 0 saturated carbocycles. The van der Waals surface area contributed by atoms with Gasteiger partial charge >= 0.3 is 6.18 Å². The molecule has 0 saturated heterocycles. The lowest BCUT2D eigenvalue weighted by molar-refractivity contribution is -0.137. The first-order valence-electron chi connectivity index (χ1n) is 10.1. The molecular weight excluding hydrogens is 492 g/mol. The Balaban J connectivity index is 1.95. The van der Waals surface area contributed by atoms with Crippen LogP contribution in [0.25, 0.3) is 0 Å². The van der Waals surface area contributed by atoms with Crippen molar-refractivity contribution < 1.29 is 23.1 Å². The number of halogens is 5. The minimum atomic E-state index is -4.53. The largest absolute Gasteiger partial charge is 0.453 e. The summed E-state index contributed by atoms with van der Waals surface area (Å²) in [6, 6.07) is 9.48. The predicted octanol–water partition coefficient (Wildman–Crippen LogP) is 6.13. The lowest BCUT2D eigenvalue weighted by Crippen LogP contribution is -2.26. The van der Waals surface area contributed by atoms with Crippen LogP contribution in [0.2, 0.25) is 5.02 Å². The maximum absolute atomic E-state index is 13.1. The molecule has 0 amide bonds. The van der Waals surface area contributed by atoms with E-state index in [2.05, 4.69) is 15.0 Å². The van der Waals surface area contributed by atoms with Crippen molar-refractivity contribution in [2.75, 3.05) is 5.88 Å². The second-order valence-corrected chi connectivity index (χ2v) is 8.17. The van der Waals surface area contributed by atoms with Gasteiger partial charge in [0.15, 0.2) is 17.3 Å². The lowest BCUT2D eigenvalue weighted by Gasteiger charge is -2.16. The van der Waals surface area contributed by atoms with Gasteiger partial charge in [-0.3, -0.25) is 15.7 Å². The highest BCUT2D eigenvalue weighted by molar-refractivity contribution is 6.31. The Bertz CT molecular complexity index is 1190.